The maximum atomic E-state index is 11.3. The third-order valence-electron chi connectivity index (χ3n) is 2.12. The van der Waals surface area contributed by atoms with Crippen LogP contribution in [0.5, 0.6) is 0 Å². The molecular weight excluding hydrogens is 188 g/mol. The average Bonchev–Trinajstić information content (AvgIpc) is 2.36. The van der Waals surface area contributed by atoms with Crippen molar-refractivity contribution in [3.63, 3.8) is 0 Å². The molecule has 0 saturated carbocycles. The van der Waals surface area contributed by atoms with Gasteiger partial charge < -0.3 is 10.2 Å². The minimum Gasteiger partial charge on any atom is -0.344 e. The van der Waals surface area contributed by atoms with E-state index in [1.54, 1.807) is 18.9 Å². The van der Waals surface area contributed by atoms with Gasteiger partial charge in [-0.15, -0.1) is 0 Å². The molecule has 74 valence electrons. The Morgan fingerprint density at radius 2 is 2.38 bits per heavy atom. The van der Waals surface area contributed by atoms with Crippen LogP contribution in [0, 0.1) is 0 Å². The first-order valence-electron chi connectivity index (χ1n) is 4.26. The fraction of sp³-hybridized carbons (Fsp3) is 0.750. The molecule has 2 unspecified atom stereocenters. The van der Waals surface area contributed by atoms with Crippen LogP contribution in [0.2, 0.25) is 0 Å². The number of carbonyl (C=O) groups excluding carboxylic acids is 2. The summed E-state index contributed by atoms with van der Waals surface area (Å²) in [6, 6.07) is -0.341. The SMILES string of the molecule is CC(S)C(=O)NC1CCN(C)C1=O. The van der Waals surface area contributed by atoms with Gasteiger partial charge in [0, 0.05) is 13.6 Å². The molecule has 0 bridgehead atoms. The Labute approximate surface area is 83.1 Å². The van der Waals surface area contributed by atoms with Crippen molar-refractivity contribution in [3.8, 4) is 0 Å². The molecule has 2 atom stereocenters. The van der Waals surface area contributed by atoms with E-state index in [4.69, 9.17) is 0 Å². The third-order valence-corrected chi connectivity index (χ3v) is 2.36. The summed E-state index contributed by atoms with van der Waals surface area (Å²) in [7, 11) is 1.73. The van der Waals surface area contributed by atoms with Crippen LogP contribution in [0.25, 0.3) is 0 Å². The molecule has 1 heterocycles. The van der Waals surface area contributed by atoms with Gasteiger partial charge in [0.15, 0.2) is 0 Å². The maximum absolute atomic E-state index is 11.3. The van der Waals surface area contributed by atoms with Gasteiger partial charge in [0.1, 0.15) is 6.04 Å². The van der Waals surface area contributed by atoms with Crippen molar-refractivity contribution in [1.29, 1.82) is 0 Å². The summed E-state index contributed by atoms with van der Waals surface area (Å²) in [6.45, 7) is 2.40. The number of rotatable bonds is 2. The van der Waals surface area contributed by atoms with Crippen LogP contribution in [-0.4, -0.2) is 41.6 Å². The van der Waals surface area contributed by atoms with E-state index < -0.39 is 0 Å². The van der Waals surface area contributed by atoms with Gasteiger partial charge in [-0.3, -0.25) is 9.59 Å². The molecule has 0 radical (unpaired) electrons. The second-order valence-electron chi connectivity index (χ2n) is 3.29. The van der Waals surface area contributed by atoms with E-state index in [1.165, 1.54) is 0 Å². The Hall–Kier alpha value is -0.710. The lowest BCUT2D eigenvalue weighted by Gasteiger charge is -2.13. The zero-order chi connectivity index (χ0) is 10.0. The fourth-order valence-electron chi connectivity index (χ4n) is 1.25. The van der Waals surface area contributed by atoms with Crippen molar-refractivity contribution in [2.24, 2.45) is 0 Å². The lowest BCUT2D eigenvalue weighted by Crippen LogP contribution is -2.43. The number of nitrogens with zero attached hydrogens (tertiary/aromatic N) is 1. The molecule has 4 nitrogen and oxygen atoms in total. The van der Waals surface area contributed by atoms with E-state index in [2.05, 4.69) is 17.9 Å². The molecule has 1 fully saturated rings. The standard InChI is InChI=1S/C8H14N2O2S/c1-5(13)7(11)9-6-3-4-10(2)8(6)12/h5-6,13H,3-4H2,1-2H3,(H,9,11). The molecule has 0 aromatic carbocycles. The highest BCUT2D eigenvalue weighted by molar-refractivity contribution is 7.81. The second-order valence-corrected chi connectivity index (χ2v) is 4.06. The highest BCUT2D eigenvalue weighted by Gasteiger charge is 2.30. The first kappa shape index (κ1) is 10.4. The Kier molecular flexibility index (Phi) is 3.19. The molecule has 0 aromatic rings. The summed E-state index contributed by atoms with van der Waals surface area (Å²) >= 11 is 3.98. The van der Waals surface area contributed by atoms with Crippen LogP contribution in [0.15, 0.2) is 0 Å². The normalized spacial score (nSPS) is 24.7. The van der Waals surface area contributed by atoms with Gasteiger partial charge in [-0.1, -0.05) is 0 Å². The molecule has 1 aliphatic rings. The van der Waals surface area contributed by atoms with Gasteiger partial charge in [-0.05, 0) is 13.3 Å². The summed E-state index contributed by atoms with van der Waals surface area (Å²) in [5, 5.41) is 2.29. The number of hydrogen-bond acceptors (Lipinski definition) is 3. The van der Waals surface area contributed by atoms with Crippen LogP contribution in [0.4, 0.5) is 0 Å². The van der Waals surface area contributed by atoms with Crippen LogP contribution < -0.4 is 5.32 Å². The molecular formula is C8H14N2O2S. The van der Waals surface area contributed by atoms with Gasteiger partial charge in [0.2, 0.25) is 11.8 Å². The molecule has 0 aliphatic carbocycles. The molecule has 1 rings (SSSR count). The number of amides is 2. The van der Waals surface area contributed by atoms with Gasteiger partial charge >= 0.3 is 0 Å². The molecule has 13 heavy (non-hydrogen) atoms. The van der Waals surface area contributed by atoms with E-state index >= 15 is 0 Å². The predicted octanol–water partition coefficient (Wildman–Crippen LogP) is -0.348. The smallest absolute Gasteiger partial charge is 0.244 e. The minimum atomic E-state index is -0.362. The van der Waals surface area contributed by atoms with Gasteiger partial charge in [-0.25, -0.2) is 0 Å². The molecule has 5 heteroatoms. The highest BCUT2D eigenvalue weighted by atomic mass is 32.1. The lowest BCUT2D eigenvalue weighted by atomic mass is 10.2. The minimum absolute atomic E-state index is 0.0117. The monoisotopic (exact) mass is 202 g/mol. The predicted molar refractivity (Wildman–Crippen MR) is 52.6 cm³/mol. The van der Waals surface area contributed by atoms with Gasteiger partial charge in [-0.2, -0.15) is 12.6 Å². The number of hydrogen-bond donors (Lipinski definition) is 2. The summed E-state index contributed by atoms with van der Waals surface area (Å²) in [5.74, 6) is -0.195. The molecule has 0 aromatic heterocycles. The quantitative estimate of drug-likeness (QED) is 0.601. The van der Waals surface area contributed by atoms with Crippen LogP contribution in [-0.2, 0) is 9.59 Å². The van der Waals surface area contributed by atoms with Crippen molar-refractivity contribution in [2.45, 2.75) is 24.6 Å². The third kappa shape index (κ3) is 2.37. The van der Waals surface area contributed by atoms with Crippen LogP contribution >= 0.6 is 12.6 Å². The molecule has 1 aliphatic heterocycles. The Morgan fingerprint density at radius 3 is 2.77 bits per heavy atom. The first-order valence-corrected chi connectivity index (χ1v) is 4.77. The largest absolute Gasteiger partial charge is 0.344 e. The number of nitrogens with one attached hydrogen (secondary N) is 1. The molecule has 2 amide bonds. The summed E-state index contributed by atoms with van der Waals surface area (Å²) in [6.07, 6.45) is 0.696. The number of likely N-dealkylation sites (tertiary alicyclic amines) is 1. The molecule has 1 N–H and O–H groups in total. The number of carbonyl (C=O) groups is 2. The van der Waals surface area contributed by atoms with E-state index in [0.717, 1.165) is 0 Å². The maximum Gasteiger partial charge on any atom is 0.244 e. The fourth-order valence-corrected chi connectivity index (χ4v) is 1.32. The van der Waals surface area contributed by atoms with Crippen molar-refractivity contribution in [1.82, 2.24) is 10.2 Å². The summed E-state index contributed by atoms with van der Waals surface area (Å²) in [4.78, 5) is 24.2. The van der Waals surface area contributed by atoms with Gasteiger partial charge in [0.25, 0.3) is 0 Å². The van der Waals surface area contributed by atoms with Crippen LogP contribution in [0.1, 0.15) is 13.3 Å². The van der Waals surface area contributed by atoms with Crippen molar-refractivity contribution in [2.75, 3.05) is 13.6 Å². The van der Waals surface area contributed by atoms with E-state index in [9.17, 15) is 9.59 Å². The van der Waals surface area contributed by atoms with Crippen molar-refractivity contribution < 1.29 is 9.59 Å². The highest BCUT2D eigenvalue weighted by Crippen LogP contribution is 2.08. The van der Waals surface area contributed by atoms with E-state index in [1.807, 2.05) is 0 Å². The Bertz CT molecular complexity index is 230. The van der Waals surface area contributed by atoms with Crippen LogP contribution in [0.3, 0.4) is 0 Å². The van der Waals surface area contributed by atoms with E-state index in [0.29, 0.717) is 13.0 Å². The summed E-state index contributed by atoms with van der Waals surface area (Å²) in [5.41, 5.74) is 0. The van der Waals surface area contributed by atoms with E-state index in [-0.39, 0.29) is 23.1 Å². The second kappa shape index (κ2) is 4.00. The molecule has 1 saturated heterocycles. The topological polar surface area (TPSA) is 49.4 Å². The Balaban J connectivity index is 2.47. The zero-order valence-electron chi connectivity index (χ0n) is 7.78. The zero-order valence-corrected chi connectivity index (χ0v) is 8.67. The number of thiol groups is 1. The molecule has 0 spiro atoms. The summed E-state index contributed by atoms with van der Waals surface area (Å²) < 4.78 is 0. The Morgan fingerprint density at radius 1 is 1.77 bits per heavy atom. The van der Waals surface area contributed by atoms with Gasteiger partial charge in [0.05, 0.1) is 5.25 Å². The lowest BCUT2D eigenvalue weighted by molar-refractivity contribution is -0.131. The average molecular weight is 202 g/mol. The first-order chi connectivity index (χ1) is 6.02. The van der Waals surface area contributed by atoms with Crippen molar-refractivity contribution in [3.05, 3.63) is 0 Å². The number of likely N-dealkylation sites (N-methyl/N-ethyl adjacent to an activating group) is 1. The van der Waals surface area contributed by atoms with Crippen molar-refractivity contribution >= 4 is 24.4 Å².